The Labute approximate surface area is 156 Å². The van der Waals surface area contributed by atoms with Gasteiger partial charge < -0.3 is 13.9 Å². The van der Waals surface area contributed by atoms with Crippen molar-refractivity contribution < 1.29 is 18.7 Å². The fraction of sp³-hybridized carbons (Fsp3) is 0.273. The molecule has 0 atom stereocenters. The first-order valence-corrected chi connectivity index (χ1v) is 8.99. The maximum Gasteiger partial charge on any atom is 0.336 e. The van der Waals surface area contributed by atoms with Crippen molar-refractivity contribution in [1.82, 2.24) is 0 Å². The molecule has 0 unspecified atom stereocenters. The lowest BCUT2D eigenvalue weighted by Crippen LogP contribution is -2.10. The van der Waals surface area contributed by atoms with Crippen molar-refractivity contribution >= 4 is 16.9 Å². The first kappa shape index (κ1) is 17.3. The maximum atomic E-state index is 12.2. The molecule has 0 bridgehead atoms. The summed E-state index contributed by atoms with van der Waals surface area (Å²) in [6, 6.07) is 12.7. The number of carbonyl (C=O) groups is 1. The van der Waals surface area contributed by atoms with E-state index in [1.165, 1.54) is 17.2 Å². The quantitative estimate of drug-likeness (QED) is 0.511. The number of hydrogen-bond donors (Lipinski definition) is 0. The molecule has 0 fully saturated rings. The summed E-state index contributed by atoms with van der Waals surface area (Å²) in [5, 5.41) is 0.840. The Hall–Kier alpha value is -3.08. The molecule has 3 aromatic rings. The number of hydrogen-bond acceptors (Lipinski definition) is 5. The van der Waals surface area contributed by atoms with Crippen molar-refractivity contribution in [1.29, 1.82) is 0 Å². The molecule has 0 aliphatic heterocycles. The van der Waals surface area contributed by atoms with Crippen LogP contribution in [-0.2, 0) is 35.4 Å². The molecule has 5 heteroatoms. The highest BCUT2D eigenvalue weighted by Gasteiger charge is 2.16. The zero-order valence-corrected chi connectivity index (χ0v) is 15.1. The van der Waals surface area contributed by atoms with Crippen molar-refractivity contribution in [3.63, 3.8) is 0 Å². The van der Waals surface area contributed by atoms with E-state index in [9.17, 15) is 9.59 Å². The van der Waals surface area contributed by atoms with Gasteiger partial charge in [0.15, 0.2) is 0 Å². The molecule has 0 spiro atoms. The van der Waals surface area contributed by atoms with Crippen LogP contribution in [0.2, 0.25) is 0 Å². The van der Waals surface area contributed by atoms with E-state index in [1.807, 2.05) is 18.2 Å². The van der Waals surface area contributed by atoms with E-state index >= 15 is 0 Å². The average molecular weight is 364 g/mol. The van der Waals surface area contributed by atoms with Crippen molar-refractivity contribution in [2.75, 3.05) is 7.11 Å². The van der Waals surface area contributed by atoms with Crippen LogP contribution in [0.3, 0.4) is 0 Å². The second-order valence-corrected chi connectivity index (χ2v) is 6.75. The second-order valence-electron chi connectivity index (χ2n) is 6.75. The monoisotopic (exact) mass is 364 g/mol. The summed E-state index contributed by atoms with van der Waals surface area (Å²) < 4.78 is 15.9. The average Bonchev–Trinajstić information content (AvgIpc) is 3.12. The Balaban J connectivity index is 1.51. The summed E-state index contributed by atoms with van der Waals surface area (Å²) >= 11 is 0. The summed E-state index contributed by atoms with van der Waals surface area (Å²) in [5.41, 5.74) is 4.17. The highest BCUT2D eigenvalue weighted by atomic mass is 16.5. The Morgan fingerprint density at radius 1 is 1.07 bits per heavy atom. The van der Waals surface area contributed by atoms with Crippen molar-refractivity contribution in [2.24, 2.45) is 0 Å². The summed E-state index contributed by atoms with van der Waals surface area (Å²) in [4.78, 5) is 24.1. The SMILES string of the molecule is COc1ccc(CC(=O)OCc2cc(=O)oc3cc4c(cc23)CCC4)cc1. The number of rotatable bonds is 5. The van der Waals surface area contributed by atoms with Crippen LogP contribution < -0.4 is 10.4 Å². The molecule has 1 heterocycles. The Morgan fingerprint density at radius 2 is 1.81 bits per heavy atom. The third kappa shape index (κ3) is 3.72. The van der Waals surface area contributed by atoms with Crippen molar-refractivity contribution in [3.8, 4) is 5.75 Å². The lowest BCUT2D eigenvalue weighted by molar-refractivity contribution is -0.144. The van der Waals surface area contributed by atoms with Gasteiger partial charge in [-0.05, 0) is 60.2 Å². The second kappa shape index (κ2) is 7.27. The van der Waals surface area contributed by atoms with Gasteiger partial charge in [-0.15, -0.1) is 0 Å². The predicted molar refractivity (Wildman–Crippen MR) is 101 cm³/mol. The minimum Gasteiger partial charge on any atom is -0.497 e. The van der Waals surface area contributed by atoms with Gasteiger partial charge in [-0.1, -0.05) is 12.1 Å². The number of fused-ring (bicyclic) bond motifs is 2. The van der Waals surface area contributed by atoms with Crippen molar-refractivity contribution in [2.45, 2.75) is 32.3 Å². The predicted octanol–water partition coefficient (Wildman–Crippen LogP) is 3.58. The van der Waals surface area contributed by atoms with Crippen LogP contribution in [0.15, 0.2) is 51.7 Å². The maximum absolute atomic E-state index is 12.2. The van der Waals surface area contributed by atoms with E-state index in [2.05, 4.69) is 6.07 Å². The fourth-order valence-corrected chi connectivity index (χ4v) is 3.53. The topological polar surface area (TPSA) is 65.7 Å². The number of ether oxygens (including phenoxy) is 2. The van der Waals surface area contributed by atoms with Gasteiger partial charge in [-0.25, -0.2) is 4.79 Å². The molecule has 1 aliphatic carbocycles. The molecule has 1 aromatic heterocycles. The molecule has 4 rings (SSSR count). The molecule has 1 aliphatic rings. The highest BCUT2D eigenvalue weighted by Crippen LogP contribution is 2.28. The molecule has 0 N–H and O–H groups in total. The van der Waals surface area contributed by atoms with E-state index < -0.39 is 5.63 Å². The largest absolute Gasteiger partial charge is 0.497 e. The molecule has 0 amide bonds. The van der Waals surface area contributed by atoms with Crippen LogP contribution >= 0.6 is 0 Å². The lowest BCUT2D eigenvalue weighted by atomic mass is 10.0. The Morgan fingerprint density at radius 3 is 2.56 bits per heavy atom. The van der Waals surface area contributed by atoms with Crippen LogP contribution in [0.25, 0.3) is 11.0 Å². The summed E-state index contributed by atoms with van der Waals surface area (Å²) in [5.74, 6) is 0.393. The zero-order valence-electron chi connectivity index (χ0n) is 15.1. The van der Waals surface area contributed by atoms with Gasteiger partial charge in [0.05, 0.1) is 13.5 Å². The van der Waals surface area contributed by atoms with E-state index in [0.717, 1.165) is 36.0 Å². The molecular weight excluding hydrogens is 344 g/mol. The summed E-state index contributed by atoms with van der Waals surface area (Å²) in [7, 11) is 1.60. The molecule has 0 saturated carbocycles. The normalized spacial score (nSPS) is 12.8. The van der Waals surface area contributed by atoms with Gasteiger partial charge in [0.2, 0.25) is 0 Å². The fourth-order valence-electron chi connectivity index (χ4n) is 3.53. The molecule has 2 aromatic carbocycles. The molecular formula is C22H20O5. The van der Waals surface area contributed by atoms with Crippen LogP contribution in [0.4, 0.5) is 0 Å². The van der Waals surface area contributed by atoms with Gasteiger partial charge in [0.25, 0.3) is 0 Å². The first-order chi connectivity index (χ1) is 13.1. The van der Waals surface area contributed by atoms with Gasteiger partial charge in [-0.2, -0.15) is 0 Å². The minimum absolute atomic E-state index is 0.0515. The van der Waals surface area contributed by atoms with E-state index in [0.29, 0.717) is 11.1 Å². The first-order valence-electron chi connectivity index (χ1n) is 8.99. The van der Waals surface area contributed by atoms with Crippen LogP contribution in [0, 0.1) is 0 Å². The van der Waals surface area contributed by atoms with Crippen LogP contribution in [0.5, 0.6) is 5.75 Å². The third-order valence-electron chi connectivity index (χ3n) is 4.94. The van der Waals surface area contributed by atoms with Gasteiger partial charge in [0, 0.05) is 17.0 Å². The lowest BCUT2D eigenvalue weighted by Gasteiger charge is -2.09. The Bertz CT molecular complexity index is 1050. The molecule has 138 valence electrons. The number of carbonyl (C=O) groups excluding carboxylic acids is 1. The number of benzene rings is 2. The minimum atomic E-state index is -0.429. The summed E-state index contributed by atoms with van der Waals surface area (Å²) in [6.45, 7) is 0.0515. The Kier molecular flexibility index (Phi) is 4.67. The molecule has 0 radical (unpaired) electrons. The van der Waals surface area contributed by atoms with E-state index in [1.54, 1.807) is 19.2 Å². The zero-order chi connectivity index (χ0) is 18.8. The molecule has 5 nitrogen and oxygen atoms in total. The van der Waals surface area contributed by atoms with E-state index in [-0.39, 0.29) is 19.0 Å². The van der Waals surface area contributed by atoms with Crippen LogP contribution in [-0.4, -0.2) is 13.1 Å². The highest BCUT2D eigenvalue weighted by molar-refractivity contribution is 5.82. The van der Waals surface area contributed by atoms with Crippen molar-refractivity contribution in [3.05, 3.63) is 75.1 Å². The standard InChI is InChI=1S/C22H20O5/c1-25-18-7-5-14(6-8-18)9-21(23)26-13-17-12-22(24)27-20-11-16-4-2-3-15(16)10-19(17)20/h5-8,10-12H,2-4,9,13H2,1H3. The summed E-state index contributed by atoms with van der Waals surface area (Å²) in [6.07, 6.45) is 3.32. The number of methoxy groups -OCH3 is 1. The van der Waals surface area contributed by atoms with Gasteiger partial charge >= 0.3 is 11.6 Å². The van der Waals surface area contributed by atoms with Crippen LogP contribution in [0.1, 0.15) is 28.7 Å². The van der Waals surface area contributed by atoms with Gasteiger partial charge in [0.1, 0.15) is 17.9 Å². The number of aryl methyl sites for hydroxylation is 2. The van der Waals surface area contributed by atoms with Gasteiger partial charge in [-0.3, -0.25) is 4.79 Å². The smallest absolute Gasteiger partial charge is 0.336 e. The molecule has 27 heavy (non-hydrogen) atoms. The number of esters is 1. The van der Waals surface area contributed by atoms with E-state index in [4.69, 9.17) is 13.9 Å². The molecule has 0 saturated heterocycles. The third-order valence-corrected chi connectivity index (χ3v) is 4.94.